The largest absolute Gasteiger partial charge is 0.497 e. The van der Waals surface area contributed by atoms with Crippen LogP contribution in [0.4, 0.5) is 0 Å². The Labute approximate surface area is 160 Å². The van der Waals surface area contributed by atoms with Crippen LogP contribution in [0.2, 0.25) is 0 Å². The topological polar surface area (TPSA) is 74.7 Å². The van der Waals surface area contributed by atoms with Crippen molar-refractivity contribution in [3.63, 3.8) is 0 Å². The minimum absolute atomic E-state index is 0.165. The van der Waals surface area contributed by atoms with Crippen LogP contribution in [0.25, 0.3) is 10.6 Å². The van der Waals surface area contributed by atoms with E-state index in [0.717, 1.165) is 11.3 Å². The van der Waals surface area contributed by atoms with E-state index in [4.69, 9.17) is 14.2 Å². The number of esters is 1. The van der Waals surface area contributed by atoms with Gasteiger partial charge in [0.05, 0.1) is 19.8 Å². The third-order valence-electron chi connectivity index (χ3n) is 3.79. The van der Waals surface area contributed by atoms with E-state index >= 15 is 0 Å². The summed E-state index contributed by atoms with van der Waals surface area (Å²) in [5.41, 5.74) is 1.40. The lowest BCUT2D eigenvalue weighted by atomic mass is 10.1. The fraction of sp³-hybridized carbons (Fsp3) is 0.150. The van der Waals surface area contributed by atoms with Crippen molar-refractivity contribution in [3.05, 3.63) is 65.2 Å². The molecule has 0 N–H and O–H groups in total. The number of nitrogens with zero attached hydrogens (tertiary/aromatic N) is 1. The van der Waals surface area contributed by atoms with Gasteiger partial charge in [0.15, 0.2) is 12.3 Å². The first-order valence-corrected chi connectivity index (χ1v) is 8.93. The molecule has 3 aromatic rings. The van der Waals surface area contributed by atoms with Gasteiger partial charge in [0.25, 0.3) is 0 Å². The molecule has 1 aromatic heterocycles. The smallest absolute Gasteiger partial charge is 0.358 e. The van der Waals surface area contributed by atoms with E-state index in [0.29, 0.717) is 16.3 Å². The molecule has 0 fully saturated rings. The van der Waals surface area contributed by atoms with Crippen LogP contribution in [0.1, 0.15) is 20.8 Å². The zero-order chi connectivity index (χ0) is 19.2. The van der Waals surface area contributed by atoms with E-state index in [1.54, 1.807) is 36.8 Å². The molecule has 0 saturated carbocycles. The number of para-hydroxylation sites is 1. The first kappa shape index (κ1) is 18.6. The Morgan fingerprint density at radius 2 is 1.74 bits per heavy atom. The van der Waals surface area contributed by atoms with Crippen molar-refractivity contribution in [2.75, 3.05) is 20.8 Å². The molecule has 0 atom stereocenters. The quantitative estimate of drug-likeness (QED) is 0.455. The minimum atomic E-state index is -0.644. The van der Waals surface area contributed by atoms with Crippen LogP contribution < -0.4 is 9.47 Å². The summed E-state index contributed by atoms with van der Waals surface area (Å²) in [5.74, 6) is 0.194. The molecule has 0 aliphatic rings. The first-order chi connectivity index (χ1) is 13.1. The Morgan fingerprint density at radius 3 is 2.44 bits per heavy atom. The van der Waals surface area contributed by atoms with Gasteiger partial charge in [0.1, 0.15) is 16.5 Å². The highest BCUT2D eigenvalue weighted by atomic mass is 32.1. The number of thiazole rings is 1. The third-order valence-corrected chi connectivity index (χ3v) is 4.68. The molecule has 0 aliphatic carbocycles. The molecule has 0 bridgehead atoms. The molecule has 0 radical (unpaired) electrons. The third kappa shape index (κ3) is 4.32. The molecule has 0 aliphatic heterocycles. The first-order valence-electron chi connectivity index (χ1n) is 8.05. The summed E-state index contributed by atoms with van der Waals surface area (Å²) in [6.07, 6.45) is 0. The number of Topliss-reactive ketones (excluding diaryl/α,β-unsaturated/α-hetero) is 1. The molecule has 1 heterocycles. The number of ketones is 1. The van der Waals surface area contributed by atoms with Crippen molar-refractivity contribution < 1.29 is 23.8 Å². The van der Waals surface area contributed by atoms with E-state index < -0.39 is 5.97 Å². The summed E-state index contributed by atoms with van der Waals surface area (Å²) in [6, 6.07) is 14.1. The van der Waals surface area contributed by atoms with Crippen LogP contribution in [-0.2, 0) is 4.74 Å². The molecule has 0 saturated heterocycles. The van der Waals surface area contributed by atoms with Crippen molar-refractivity contribution >= 4 is 23.1 Å². The lowest BCUT2D eigenvalue weighted by Gasteiger charge is -2.07. The predicted molar refractivity (Wildman–Crippen MR) is 102 cm³/mol. The van der Waals surface area contributed by atoms with E-state index in [1.165, 1.54) is 18.4 Å². The molecular weight excluding hydrogens is 366 g/mol. The molecular formula is C20H17NO5S. The maximum Gasteiger partial charge on any atom is 0.358 e. The van der Waals surface area contributed by atoms with Crippen LogP contribution in [0.5, 0.6) is 11.5 Å². The van der Waals surface area contributed by atoms with Gasteiger partial charge in [-0.15, -0.1) is 11.3 Å². The molecule has 3 rings (SSSR count). The summed E-state index contributed by atoms with van der Waals surface area (Å²) in [4.78, 5) is 28.7. The zero-order valence-corrected chi connectivity index (χ0v) is 15.6. The maximum absolute atomic E-state index is 12.3. The Hall–Kier alpha value is -3.19. The standard InChI is InChI=1S/C20H17NO5S/c1-24-14-9-7-13(8-10-14)19-21-16(12-27-19)20(23)26-11-17(22)15-5-3-4-6-18(15)25-2/h3-10,12H,11H2,1-2H3. The summed E-state index contributed by atoms with van der Waals surface area (Å²) in [5, 5.41) is 2.29. The number of hydrogen-bond donors (Lipinski definition) is 0. The Bertz CT molecular complexity index is 949. The maximum atomic E-state index is 12.3. The number of hydrogen-bond acceptors (Lipinski definition) is 7. The lowest BCUT2D eigenvalue weighted by Crippen LogP contribution is -2.15. The van der Waals surface area contributed by atoms with Crippen molar-refractivity contribution in [2.45, 2.75) is 0 Å². The predicted octanol–water partition coefficient (Wildman–Crippen LogP) is 3.87. The second-order valence-electron chi connectivity index (χ2n) is 5.47. The van der Waals surface area contributed by atoms with Gasteiger partial charge in [-0.3, -0.25) is 4.79 Å². The fourth-order valence-electron chi connectivity index (χ4n) is 2.39. The number of carbonyl (C=O) groups is 2. The number of benzene rings is 2. The highest BCUT2D eigenvalue weighted by Gasteiger charge is 2.17. The van der Waals surface area contributed by atoms with Crippen molar-refractivity contribution in [2.24, 2.45) is 0 Å². The van der Waals surface area contributed by atoms with Gasteiger partial charge in [-0.1, -0.05) is 12.1 Å². The number of carbonyl (C=O) groups excluding carboxylic acids is 2. The second-order valence-corrected chi connectivity index (χ2v) is 6.32. The van der Waals surface area contributed by atoms with Crippen LogP contribution in [0, 0.1) is 0 Å². The average molecular weight is 383 g/mol. The van der Waals surface area contributed by atoms with E-state index in [9.17, 15) is 9.59 Å². The Kier molecular flexibility index (Phi) is 5.83. The number of methoxy groups -OCH3 is 2. The van der Waals surface area contributed by atoms with E-state index in [2.05, 4.69) is 4.98 Å². The van der Waals surface area contributed by atoms with Crippen LogP contribution >= 0.6 is 11.3 Å². The van der Waals surface area contributed by atoms with Crippen molar-refractivity contribution in [1.29, 1.82) is 0 Å². The Morgan fingerprint density at radius 1 is 1.00 bits per heavy atom. The molecule has 6 nitrogen and oxygen atoms in total. The molecule has 0 unspecified atom stereocenters. The highest BCUT2D eigenvalue weighted by molar-refractivity contribution is 7.13. The summed E-state index contributed by atoms with van der Waals surface area (Å²) in [7, 11) is 3.08. The van der Waals surface area contributed by atoms with Gasteiger partial charge in [0, 0.05) is 10.9 Å². The van der Waals surface area contributed by atoms with Crippen LogP contribution in [0.15, 0.2) is 53.9 Å². The summed E-state index contributed by atoms with van der Waals surface area (Å²) >= 11 is 1.32. The molecule has 27 heavy (non-hydrogen) atoms. The van der Waals surface area contributed by atoms with E-state index in [1.807, 2.05) is 24.3 Å². The van der Waals surface area contributed by atoms with Gasteiger partial charge >= 0.3 is 5.97 Å². The van der Waals surface area contributed by atoms with E-state index in [-0.39, 0.29) is 18.1 Å². The number of aromatic nitrogens is 1. The number of rotatable bonds is 7. The molecule has 7 heteroatoms. The molecule has 138 valence electrons. The van der Waals surface area contributed by atoms with Crippen LogP contribution in [-0.4, -0.2) is 37.6 Å². The summed E-state index contributed by atoms with van der Waals surface area (Å²) in [6.45, 7) is -0.380. The average Bonchev–Trinajstić information content (AvgIpc) is 3.22. The molecule has 0 spiro atoms. The molecule has 0 amide bonds. The van der Waals surface area contributed by atoms with Gasteiger partial charge in [-0.05, 0) is 36.4 Å². The van der Waals surface area contributed by atoms with Gasteiger partial charge in [-0.2, -0.15) is 0 Å². The summed E-state index contributed by atoms with van der Waals surface area (Å²) < 4.78 is 15.4. The second kappa shape index (κ2) is 8.46. The number of ether oxygens (including phenoxy) is 3. The minimum Gasteiger partial charge on any atom is -0.497 e. The lowest BCUT2D eigenvalue weighted by molar-refractivity contribution is 0.0469. The Balaban J connectivity index is 1.65. The van der Waals surface area contributed by atoms with Crippen molar-refractivity contribution in [1.82, 2.24) is 4.98 Å². The fourth-order valence-corrected chi connectivity index (χ4v) is 3.19. The van der Waals surface area contributed by atoms with Gasteiger partial charge in [0.2, 0.25) is 5.78 Å². The highest BCUT2D eigenvalue weighted by Crippen LogP contribution is 2.26. The van der Waals surface area contributed by atoms with Gasteiger partial charge in [-0.25, -0.2) is 9.78 Å². The van der Waals surface area contributed by atoms with Crippen molar-refractivity contribution in [3.8, 4) is 22.1 Å². The van der Waals surface area contributed by atoms with Crippen LogP contribution in [0.3, 0.4) is 0 Å². The van der Waals surface area contributed by atoms with Gasteiger partial charge < -0.3 is 14.2 Å². The molecule has 2 aromatic carbocycles. The SMILES string of the molecule is COc1ccc(-c2nc(C(=O)OCC(=O)c3ccccc3OC)cs2)cc1. The monoisotopic (exact) mass is 383 g/mol. The zero-order valence-electron chi connectivity index (χ0n) is 14.8. The normalized spacial score (nSPS) is 10.3.